The van der Waals surface area contributed by atoms with E-state index in [1.165, 1.54) is 12.1 Å². The van der Waals surface area contributed by atoms with Crippen LogP contribution in [0.4, 0.5) is 9.18 Å². The van der Waals surface area contributed by atoms with Crippen molar-refractivity contribution in [1.82, 2.24) is 14.7 Å². The first-order chi connectivity index (χ1) is 13.7. The van der Waals surface area contributed by atoms with Gasteiger partial charge in [0.15, 0.2) is 5.69 Å². The number of aromatic nitrogens is 2. The molecule has 2 heterocycles. The Balaban J connectivity index is 1.90. The van der Waals surface area contributed by atoms with Gasteiger partial charge in [-0.25, -0.2) is 14.0 Å². The highest BCUT2D eigenvalue weighted by Gasteiger charge is 2.32. The first-order valence-corrected chi connectivity index (χ1v) is 9.66. The van der Waals surface area contributed by atoms with Crippen LogP contribution in [0.5, 0.6) is 0 Å². The first-order valence-electron chi connectivity index (χ1n) is 9.66. The van der Waals surface area contributed by atoms with Crippen molar-refractivity contribution in [1.29, 1.82) is 0 Å². The maximum absolute atomic E-state index is 13.2. The van der Waals surface area contributed by atoms with Gasteiger partial charge in [0, 0.05) is 24.2 Å². The fraction of sp³-hybridized carbons (Fsp3) is 0.476. The Morgan fingerprint density at radius 3 is 2.52 bits per heavy atom. The number of carbonyl (C=O) groups is 2. The Morgan fingerprint density at radius 1 is 1.21 bits per heavy atom. The van der Waals surface area contributed by atoms with Crippen molar-refractivity contribution < 1.29 is 23.5 Å². The molecule has 0 atom stereocenters. The molecule has 1 aliphatic heterocycles. The minimum Gasteiger partial charge on any atom is -0.461 e. The third-order valence-electron chi connectivity index (χ3n) is 4.50. The van der Waals surface area contributed by atoms with Crippen LogP contribution in [0.2, 0.25) is 0 Å². The van der Waals surface area contributed by atoms with Crippen LogP contribution in [0.15, 0.2) is 24.3 Å². The highest BCUT2D eigenvalue weighted by Crippen LogP contribution is 2.25. The first kappa shape index (κ1) is 20.8. The van der Waals surface area contributed by atoms with Gasteiger partial charge in [-0.2, -0.15) is 5.10 Å². The van der Waals surface area contributed by atoms with Crippen LogP contribution in [0.25, 0.3) is 0 Å². The number of benzene rings is 1. The van der Waals surface area contributed by atoms with E-state index in [9.17, 15) is 14.0 Å². The Morgan fingerprint density at radius 2 is 1.90 bits per heavy atom. The van der Waals surface area contributed by atoms with E-state index < -0.39 is 17.7 Å². The largest absolute Gasteiger partial charge is 0.461 e. The van der Waals surface area contributed by atoms with Gasteiger partial charge in [0.25, 0.3) is 0 Å². The number of amides is 1. The third kappa shape index (κ3) is 4.93. The zero-order chi connectivity index (χ0) is 21.2. The number of esters is 1. The number of hydrogen-bond acceptors (Lipinski definition) is 5. The quantitative estimate of drug-likeness (QED) is 0.730. The summed E-state index contributed by atoms with van der Waals surface area (Å²) in [6.07, 6.45) is 0.103. The molecule has 0 aliphatic carbocycles. The van der Waals surface area contributed by atoms with Gasteiger partial charge in [0.1, 0.15) is 11.4 Å². The maximum atomic E-state index is 13.2. The van der Waals surface area contributed by atoms with E-state index in [4.69, 9.17) is 9.47 Å². The summed E-state index contributed by atoms with van der Waals surface area (Å²) >= 11 is 0. The summed E-state index contributed by atoms with van der Waals surface area (Å²) in [7, 11) is 0. The second-order valence-electron chi connectivity index (χ2n) is 7.93. The lowest BCUT2D eigenvalue weighted by Crippen LogP contribution is -2.40. The van der Waals surface area contributed by atoms with Gasteiger partial charge in [-0.05, 0) is 45.4 Å². The monoisotopic (exact) mass is 403 g/mol. The summed E-state index contributed by atoms with van der Waals surface area (Å²) in [5.41, 5.74) is 2.01. The fourth-order valence-corrected chi connectivity index (χ4v) is 3.23. The standard InChI is InChI=1S/C21H26FN3O4/c1-5-28-19(26)18-16-13-24(20(27)29-21(2,3)4)11-10-17(16)25(23-18)12-14-6-8-15(22)9-7-14/h6-9H,5,10-13H2,1-4H3. The molecule has 7 nitrogen and oxygen atoms in total. The molecule has 0 N–H and O–H groups in total. The van der Waals surface area contributed by atoms with E-state index in [0.29, 0.717) is 25.1 Å². The number of ether oxygens (including phenoxy) is 2. The molecule has 0 spiro atoms. The maximum Gasteiger partial charge on any atom is 0.410 e. The number of carbonyl (C=O) groups excluding carboxylic acids is 2. The second kappa shape index (κ2) is 8.23. The van der Waals surface area contributed by atoms with Crippen molar-refractivity contribution in [2.24, 2.45) is 0 Å². The SMILES string of the molecule is CCOC(=O)c1nn(Cc2ccc(F)cc2)c2c1CN(C(=O)OC(C)(C)C)CC2. The second-order valence-corrected chi connectivity index (χ2v) is 7.93. The van der Waals surface area contributed by atoms with Crippen LogP contribution in [0.1, 0.15) is 55.0 Å². The molecule has 2 aromatic rings. The predicted molar refractivity (Wildman–Crippen MR) is 104 cm³/mol. The van der Waals surface area contributed by atoms with Gasteiger partial charge in [0.05, 0.1) is 19.7 Å². The smallest absolute Gasteiger partial charge is 0.410 e. The summed E-state index contributed by atoms with van der Waals surface area (Å²) < 4.78 is 25.5. The third-order valence-corrected chi connectivity index (χ3v) is 4.50. The lowest BCUT2D eigenvalue weighted by atomic mass is 10.1. The summed E-state index contributed by atoms with van der Waals surface area (Å²) in [4.78, 5) is 26.5. The van der Waals surface area contributed by atoms with Crippen molar-refractivity contribution in [2.75, 3.05) is 13.2 Å². The van der Waals surface area contributed by atoms with Gasteiger partial charge in [0.2, 0.25) is 0 Å². The van der Waals surface area contributed by atoms with Gasteiger partial charge in [-0.3, -0.25) is 4.68 Å². The lowest BCUT2D eigenvalue weighted by molar-refractivity contribution is 0.0219. The molecule has 0 fully saturated rings. The van der Waals surface area contributed by atoms with Crippen LogP contribution < -0.4 is 0 Å². The molecule has 156 valence electrons. The molecular weight excluding hydrogens is 377 g/mol. The number of halogens is 1. The van der Waals surface area contributed by atoms with E-state index in [1.807, 2.05) is 20.8 Å². The highest BCUT2D eigenvalue weighted by atomic mass is 19.1. The molecule has 1 aliphatic rings. The molecule has 0 unspecified atom stereocenters. The normalized spacial score (nSPS) is 13.8. The average Bonchev–Trinajstić information content (AvgIpc) is 3.00. The van der Waals surface area contributed by atoms with Crippen LogP contribution in [-0.4, -0.2) is 45.5 Å². The summed E-state index contributed by atoms with van der Waals surface area (Å²) in [5, 5.41) is 4.47. The molecule has 0 saturated heterocycles. The highest BCUT2D eigenvalue weighted by molar-refractivity contribution is 5.89. The van der Waals surface area contributed by atoms with Crippen molar-refractivity contribution in [3.8, 4) is 0 Å². The van der Waals surface area contributed by atoms with Crippen LogP contribution in [-0.2, 0) is 29.0 Å². The molecule has 0 bridgehead atoms. The zero-order valence-electron chi connectivity index (χ0n) is 17.2. The van der Waals surface area contributed by atoms with Crippen molar-refractivity contribution in [2.45, 2.75) is 52.8 Å². The Bertz CT molecular complexity index is 900. The van der Waals surface area contributed by atoms with E-state index in [1.54, 1.807) is 28.6 Å². The van der Waals surface area contributed by atoms with Crippen LogP contribution in [0.3, 0.4) is 0 Å². The summed E-state index contributed by atoms with van der Waals surface area (Å²) in [6.45, 7) is 8.47. The van der Waals surface area contributed by atoms with Gasteiger partial charge in [-0.1, -0.05) is 12.1 Å². The number of nitrogens with zero attached hydrogens (tertiary/aromatic N) is 3. The predicted octanol–water partition coefficient (Wildman–Crippen LogP) is 3.54. The van der Waals surface area contributed by atoms with E-state index in [-0.39, 0.29) is 24.7 Å². The minimum atomic E-state index is -0.603. The molecule has 0 radical (unpaired) electrons. The fourth-order valence-electron chi connectivity index (χ4n) is 3.23. The van der Waals surface area contributed by atoms with Crippen molar-refractivity contribution >= 4 is 12.1 Å². The van der Waals surface area contributed by atoms with Gasteiger partial charge < -0.3 is 14.4 Å². The topological polar surface area (TPSA) is 73.7 Å². The van der Waals surface area contributed by atoms with Crippen molar-refractivity contribution in [3.63, 3.8) is 0 Å². The molecule has 0 saturated carbocycles. The number of rotatable bonds is 4. The van der Waals surface area contributed by atoms with Gasteiger partial charge >= 0.3 is 12.1 Å². The van der Waals surface area contributed by atoms with E-state index in [0.717, 1.165) is 11.3 Å². The van der Waals surface area contributed by atoms with E-state index in [2.05, 4.69) is 5.10 Å². The molecule has 1 aromatic carbocycles. The van der Waals surface area contributed by atoms with Crippen molar-refractivity contribution in [3.05, 3.63) is 52.6 Å². The minimum absolute atomic E-state index is 0.206. The molecule has 29 heavy (non-hydrogen) atoms. The Hall–Kier alpha value is -2.90. The molecule has 8 heteroatoms. The number of fused-ring (bicyclic) bond motifs is 1. The van der Waals surface area contributed by atoms with Gasteiger partial charge in [-0.15, -0.1) is 0 Å². The lowest BCUT2D eigenvalue weighted by Gasteiger charge is -2.30. The van der Waals surface area contributed by atoms with E-state index >= 15 is 0 Å². The molecule has 1 aromatic heterocycles. The molecule has 1 amide bonds. The Kier molecular flexibility index (Phi) is 5.91. The van der Waals surface area contributed by atoms with Crippen LogP contribution in [0, 0.1) is 5.82 Å². The summed E-state index contributed by atoms with van der Waals surface area (Å²) in [5.74, 6) is -0.830. The zero-order valence-corrected chi connectivity index (χ0v) is 17.2. The average molecular weight is 403 g/mol. The Labute approximate surface area is 169 Å². The summed E-state index contributed by atoms with van der Waals surface area (Å²) in [6, 6.07) is 6.15. The molecule has 3 rings (SSSR count). The molecular formula is C21H26FN3O4. The van der Waals surface area contributed by atoms with Crippen LogP contribution >= 0.6 is 0 Å². The number of hydrogen-bond donors (Lipinski definition) is 0.